The van der Waals surface area contributed by atoms with E-state index in [0.29, 0.717) is 10.5 Å². The molecule has 0 saturated heterocycles. The van der Waals surface area contributed by atoms with Crippen molar-refractivity contribution in [1.82, 2.24) is 14.5 Å². The van der Waals surface area contributed by atoms with Gasteiger partial charge in [-0.1, -0.05) is 23.5 Å². The van der Waals surface area contributed by atoms with Crippen molar-refractivity contribution in [3.63, 3.8) is 0 Å². The average molecular weight is 499 g/mol. The summed E-state index contributed by atoms with van der Waals surface area (Å²) in [6.07, 6.45) is 1.69. The molecule has 0 bridgehead atoms. The monoisotopic (exact) mass is 498 g/mol. The van der Waals surface area contributed by atoms with Gasteiger partial charge in [0.05, 0.1) is 21.5 Å². The van der Waals surface area contributed by atoms with Crippen LogP contribution in [0.15, 0.2) is 46.1 Å². The van der Waals surface area contributed by atoms with Gasteiger partial charge in [0, 0.05) is 22.7 Å². The summed E-state index contributed by atoms with van der Waals surface area (Å²) in [5, 5.41) is 8.18. The molecular weight excluding hydrogens is 481 g/mol. The number of anilines is 1. The average Bonchev–Trinajstić information content (AvgIpc) is 3.56. The predicted octanol–water partition coefficient (Wildman–Crippen LogP) is 6.02. The molecule has 0 aromatic carbocycles. The van der Waals surface area contributed by atoms with Crippen LogP contribution in [0.3, 0.4) is 0 Å². The quantitative estimate of drug-likeness (QED) is 0.311. The number of amides is 1. The summed E-state index contributed by atoms with van der Waals surface area (Å²) in [6, 6.07) is 8.10. The Bertz CT molecular complexity index is 1410. The second kappa shape index (κ2) is 8.70. The van der Waals surface area contributed by atoms with Gasteiger partial charge in [0.1, 0.15) is 10.5 Å². The lowest BCUT2D eigenvalue weighted by atomic mass is 10.2. The van der Waals surface area contributed by atoms with E-state index < -0.39 is 0 Å². The van der Waals surface area contributed by atoms with Gasteiger partial charge in [-0.15, -0.1) is 34.0 Å². The number of fused-ring (bicyclic) bond motifs is 1. The zero-order valence-electron chi connectivity index (χ0n) is 17.2. The third-order valence-electron chi connectivity index (χ3n) is 5.11. The predicted molar refractivity (Wildman–Crippen MR) is 135 cm³/mol. The Morgan fingerprint density at radius 2 is 1.84 bits per heavy atom. The highest BCUT2D eigenvalue weighted by atomic mass is 32.1. The molecule has 0 aliphatic heterocycles. The van der Waals surface area contributed by atoms with Gasteiger partial charge in [-0.25, -0.2) is 9.97 Å². The van der Waals surface area contributed by atoms with Crippen molar-refractivity contribution in [2.75, 3.05) is 5.32 Å². The fraction of sp³-hybridized carbons (Fsp3) is 0.182. The summed E-state index contributed by atoms with van der Waals surface area (Å²) in [5.41, 5.74) is 1.75. The number of hydrogen-bond donors (Lipinski definition) is 1. The molecule has 5 aromatic rings. The van der Waals surface area contributed by atoms with Gasteiger partial charge < -0.3 is 5.32 Å². The highest BCUT2D eigenvalue weighted by Crippen LogP contribution is 2.42. The zero-order valence-corrected chi connectivity index (χ0v) is 20.5. The molecule has 6 nitrogen and oxygen atoms in total. The Labute approximate surface area is 199 Å². The van der Waals surface area contributed by atoms with E-state index in [4.69, 9.17) is 4.98 Å². The maximum absolute atomic E-state index is 12.8. The van der Waals surface area contributed by atoms with E-state index in [9.17, 15) is 9.59 Å². The zero-order chi connectivity index (χ0) is 22.2. The first kappa shape index (κ1) is 21.2. The summed E-state index contributed by atoms with van der Waals surface area (Å²) in [4.78, 5) is 39.7. The summed E-state index contributed by atoms with van der Waals surface area (Å²) >= 11 is 6.26. The van der Waals surface area contributed by atoms with Crippen molar-refractivity contribution in [1.29, 1.82) is 0 Å². The number of aryl methyl sites for hydroxylation is 3. The van der Waals surface area contributed by atoms with E-state index in [-0.39, 0.29) is 24.4 Å². The van der Waals surface area contributed by atoms with Crippen molar-refractivity contribution in [2.24, 2.45) is 0 Å². The molecule has 5 aromatic heterocycles. The Morgan fingerprint density at radius 3 is 2.56 bits per heavy atom. The molecule has 0 atom stereocenters. The number of aromatic nitrogens is 3. The van der Waals surface area contributed by atoms with Crippen molar-refractivity contribution in [3.05, 3.63) is 62.1 Å². The van der Waals surface area contributed by atoms with Crippen LogP contribution in [0.2, 0.25) is 0 Å². The normalized spacial score (nSPS) is 11.3. The number of carbonyl (C=O) groups excluding carboxylic acids is 1. The minimum absolute atomic E-state index is 0.0983. The second-order valence-electron chi connectivity index (χ2n) is 7.16. The summed E-state index contributed by atoms with van der Waals surface area (Å²) < 4.78 is 1.51. The van der Waals surface area contributed by atoms with Crippen molar-refractivity contribution in [3.8, 4) is 20.3 Å². The van der Waals surface area contributed by atoms with E-state index in [1.54, 1.807) is 22.7 Å². The minimum Gasteiger partial charge on any atom is -0.302 e. The van der Waals surface area contributed by atoms with Crippen LogP contribution in [0.1, 0.15) is 16.9 Å². The highest BCUT2D eigenvalue weighted by molar-refractivity contribution is 7.24. The Balaban J connectivity index is 1.34. The number of rotatable bonds is 6. The lowest BCUT2D eigenvalue weighted by Gasteiger charge is -2.05. The summed E-state index contributed by atoms with van der Waals surface area (Å²) in [6.45, 7) is 4.19. The van der Waals surface area contributed by atoms with E-state index in [2.05, 4.69) is 16.4 Å². The first-order chi connectivity index (χ1) is 15.5. The van der Waals surface area contributed by atoms with Crippen LogP contribution in [0.5, 0.6) is 0 Å². The van der Waals surface area contributed by atoms with Crippen LogP contribution in [0, 0.1) is 13.8 Å². The van der Waals surface area contributed by atoms with Gasteiger partial charge in [0.25, 0.3) is 5.56 Å². The molecule has 0 aliphatic rings. The van der Waals surface area contributed by atoms with Crippen LogP contribution >= 0.6 is 45.3 Å². The third-order valence-corrected chi connectivity index (χ3v) is 9.12. The number of nitrogens with one attached hydrogen (secondary N) is 1. The van der Waals surface area contributed by atoms with Crippen molar-refractivity contribution in [2.45, 2.75) is 26.8 Å². The Hall–Kier alpha value is -2.66. The van der Waals surface area contributed by atoms with E-state index in [0.717, 1.165) is 35.6 Å². The van der Waals surface area contributed by atoms with E-state index in [1.165, 1.54) is 33.6 Å². The van der Waals surface area contributed by atoms with Gasteiger partial charge in [0.2, 0.25) is 5.91 Å². The standard InChI is InChI=1S/C22H18N4O2S4/c1-12-13(2)31-20-17(12)21(28)26(11-23-20)8-7-16(27)24-22-25-18(14-5-3-9-29-14)19(32-22)15-6-4-10-30-15/h3-6,9-11H,7-8H2,1-2H3,(H,24,25,27). The molecule has 0 radical (unpaired) electrons. The SMILES string of the molecule is Cc1sc2ncn(CCC(=O)Nc3nc(-c4cccs4)c(-c4cccs4)s3)c(=O)c2c1C. The molecule has 0 unspecified atom stereocenters. The first-order valence-corrected chi connectivity index (χ1v) is 13.2. The van der Waals surface area contributed by atoms with Crippen LogP contribution in [0.4, 0.5) is 5.13 Å². The molecule has 32 heavy (non-hydrogen) atoms. The van der Waals surface area contributed by atoms with Gasteiger partial charge in [-0.3, -0.25) is 14.2 Å². The molecule has 1 N–H and O–H groups in total. The number of nitrogens with zero attached hydrogens (tertiary/aromatic N) is 3. The maximum atomic E-state index is 12.8. The lowest BCUT2D eigenvalue weighted by molar-refractivity contribution is -0.116. The molecule has 0 fully saturated rings. The van der Waals surface area contributed by atoms with E-state index >= 15 is 0 Å². The number of thiophene rings is 3. The van der Waals surface area contributed by atoms with Gasteiger partial charge in [-0.05, 0) is 42.3 Å². The fourth-order valence-electron chi connectivity index (χ4n) is 3.36. The molecule has 0 spiro atoms. The lowest BCUT2D eigenvalue weighted by Crippen LogP contribution is -2.23. The molecule has 5 rings (SSSR count). The second-order valence-corrected chi connectivity index (χ2v) is 11.3. The third kappa shape index (κ3) is 3.95. The molecule has 162 valence electrons. The number of thiazole rings is 1. The summed E-state index contributed by atoms with van der Waals surface area (Å²) in [7, 11) is 0. The van der Waals surface area contributed by atoms with Gasteiger partial charge >= 0.3 is 0 Å². The molecule has 5 heterocycles. The molecule has 0 aliphatic carbocycles. The number of hydrogen-bond acceptors (Lipinski definition) is 8. The van der Waals surface area contributed by atoms with Gasteiger partial charge in [-0.2, -0.15) is 0 Å². The molecule has 10 heteroatoms. The highest BCUT2D eigenvalue weighted by Gasteiger charge is 2.18. The Morgan fingerprint density at radius 1 is 1.09 bits per heavy atom. The molecule has 1 amide bonds. The van der Waals surface area contributed by atoms with Crippen LogP contribution in [-0.2, 0) is 11.3 Å². The topological polar surface area (TPSA) is 76.9 Å². The fourth-order valence-corrected chi connectivity index (χ4v) is 6.98. The van der Waals surface area contributed by atoms with Crippen LogP contribution in [0.25, 0.3) is 30.5 Å². The summed E-state index contributed by atoms with van der Waals surface area (Å²) in [5.74, 6) is -0.181. The maximum Gasteiger partial charge on any atom is 0.262 e. The van der Waals surface area contributed by atoms with Crippen molar-refractivity contribution >= 4 is 66.6 Å². The minimum atomic E-state index is -0.181. The first-order valence-electron chi connectivity index (χ1n) is 9.85. The van der Waals surface area contributed by atoms with Crippen molar-refractivity contribution < 1.29 is 4.79 Å². The Kier molecular flexibility index (Phi) is 5.76. The van der Waals surface area contributed by atoms with Gasteiger partial charge in [0.15, 0.2) is 5.13 Å². The largest absolute Gasteiger partial charge is 0.302 e. The molecular formula is C22H18N4O2S4. The smallest absolute Gasteiger partial charge is 0.262 e. The molecule has 0 saturated carbocycles. The van der Waals surface area contributed by atoms with Crippen LogP contribution in [-0.4, -0.2) is 20.4 Å². The number of carbonyl (C=O) groups is 1. The van der Waals surface area contributed by atoms with Crippen LogP contribution < -0.4 is 10.9 Å². The van der Waals surface area contributed by atoms with E-state index in [1.807, 2.05) is 42.8 Å².